The van der Waals surface area contributed by atoms with Crippen LogP contribution in [0.4, 0.5) is 5.82 Å². The lowest BCUT2D eigenvalue weighted by Gasteiger charge is -2.31. The van der Waals surface area contributed by atoms with Crippen molar-refractivity contribution in [3.05, 3.63) is 35.9 Å². The molecule has 0 spiro atoms. The molecule has 2 heterocycles. The van der Waals surface area contributed by atoms with Gasteiger partial charge in [-0.05, 0) is 19.4 Å². The van der Waals surface area contributed by atoms with Crippen LogP contribution >= 0.6 is 0 Å². The van der Waals surface area contributed by atoms with Crippen molar-refractivity contribution >= 4 is 11.7 Å². The molecule has 1 aliphatic rings. The summed E-state index contributed by atoms with van der Waals surface area (Å²) in [6.07, 6.45) is 1.86. The normalized spacial score (nSPS) is 18.2. The number of nitrogen functional groups attached to an aromatic ring is 1. The number of amides is 1. The quantitative estimate of drug-likeness (QED) is 0.825. The van der Waals surface area contributed by atoms with E-state index in [0.29, 0.717) is 24.6 Å². The van der Waals surface area contributed by atoms with Crippen molar-refractivity contribution in [3.8, 4) is 17.3 Å². The highest BCUT2D eigenvalue weighted by molar-refractivity contribution is 6.03. The minimum atomic E-state index is -0.581. The second kappa shape index (κ2) is 6.72. The molecule has 124 valence electrons. The van der Waals surface area contributed by atoms with Gasteiger partial charge in [-0.15, -0.1) is 0 Å². The topological polar surface area (TPSA) is 114 Å². The molecule has 0 bridgehead atoms. The Labute approximate surface area is 140 Å². The molecule has 3 rings (SSSR count). The highest BCUT2D eigenvalue weighted by Gasteiger charge is 2.28. The Morgan fingerprint density at radius 3 is 2.79 bits per heavy atom. The summed E-state index contributed by atoms with van der Waals surface area (Å²) in [6, 6.07) is 11.6. The van der Waals surface area contributed by atoms with Crippen molar-refractivity contribution in [2.24, 2.45) is 5.73 Å². The van der Waals surface area contributed by atoms with Crippen LogP contribution in [0.2, 0.25) is 0 Å². The van der Waals surface area contributed by atoms with E-state index in [4.69, 9.17) is 16.7 Å². The fraction of sp³-hybridized carbons (Fsp3) is 0.353. The predicted octanol–water partition coefficient (Wildman–Crippen LogP) is 1.39. The number of rotatable bonds is 4. The number of piperidine rings is 1. The third-order valence-electron chi connectivity index (χ3n) is 4.36. The van der Waals surface area contributed by atoms with Gasteiger partial charge in [-0.25, -0.2) is 4.68 Å². The van der Waals surface area contributed by atoms with Gasteiger partial charge >= 0.3 is 0 Å². The molecule has 1 aromatic carbocycles. The fourth-order valence-electron chi connectivity index (χ4n) is 3.24. The van der Waals surface area contributed by atoms with Crippen LogP contribution in [0.5, 0.6) is 0 Å². The smallest absolute Gasteiger partial charge is 0.254 e. The molecule has 1 unspecified atom stereocenters. The van der Waals surface area contributed by atoms with Crippen molar-refractivity contribution < 1.29 is 4.79 Å². The van der Waals surface area contributed by atoms with Gasteiger partial charge in [0, 0.05) is 12.1 Å². The average molecular weight is 324 g/mol. The molecule has 1 amide bonds. The van der Waals surface area contributed by atoms with Gasteiger partial charge in [-0.2, -0.15) is 10.4 Å². The zero-order valence-electron chi connectivity index (χ0n) is 13.4. The fourth-order valence-corrected chi connectivity index (χ4v) is 3.24. The van der Waals surface area contributed by atoms with E-state index < -0.39 is 5.91 Å². The van der Waals surface area contributed by atoms with Crippen LogP contribution in [0, 0.1) is 11.3 Å². The largest absolute Gasteiger partial charge is 0.383 e. The predicted molar refractivity (Wildman–Crippen MR) is 90.9 cm³/mol. The van der Waals surface area contributed by atoms with E-state index in [1.54, 1.807) is 4.68 Å². The first-order valence-electron chi connectivity index (χ1n) is 7.94. The number of aromatic nitrogens is 2. The van der Waals surface area contributed by atoms with E-state index in [9.17, 15) is 4.79 Å². The van der Waals surface area contributed by atoms with E-state index in [2.05, 4.69) is 16.1 Å². The van der Waals surface area contributed by atoms with Gasteiger partial charge in [0.2, 0.25) is 0 Å². The maximum Gasteiger partial charge on any atom is 0.254 e. The molecule has 1 atom stereocenters. The van der Waals surface area contributed by atoms with E-state index in [1.165, 1.54) is 0 Å². The van der Waals surface area contributed by atoms with Crippen molar-refractivity contribution in [2.75, 3.05) is 25.4 Å². The number of carbonyl (C=O) groups is 1. The molecule has 0 saturated carbocycles. The van der Waals surface area contributed by atoms with Crippen molar-refractivity contribution in [1.29, 1.82) is 5.26 Å². The number of hydrogen-bond donors (Lipinski definition) is 2. The zero-order valence-corrected chi connectivity index (χ0v) is 13.4. The molecule has 1 fully saturated rings. The van der Waals surface area contributed by atoms with Crippen LogP contribution in [0.25, 0.3) is 11.3 Å². The zero-order chi connectivity index (χ0) is 17.1. The van der Waals surface area contributed by atoms with Gasteiger partial charge in [-0.3, -0.25) is 9.69 Å². The van der Waals surface area contributed by atoms with Gasteiger partial charge in [0.1, 0.15) is 17.1 Å². The summed E-state index contributed by atoms with van der Waals surface area (Å²) in [5.74, 6) is -0.285. The van der Waals surface area contributed by atoms with Crippen molar-refractivity contribution in [3.63, 3.8) is 0 Å². The summed E-state index contributed by atoms with van der Waals surface area (Å²) < 4.78 is 1.70. The minimum Gasteiger partial charge on any atom is -0.383 e. The highest BCUT2D eigenvalue weighted by atomic mass is 16.1. The summed E-state index contributed by atoms with van der Waals surface area (Å²) in [5.41, 5.74) is 13.3. The molecule has 0 aliphatic carbocycles. The second-order valence-corrected chi connectivity index (χ2v) is 5.97. The molecule has 4 N–H and O–H groups in total. The van der Waals surface area contributed by atoms with Crippen molar-refractivity contribution in [2.45, 2.75) is 18.9 Å². The lowest BCUT2D eigenvalue weighted by atomic mass is 10.1. The third-order valence-corrected chi connectivity index (χ3v) is 4.36. The van der Waals surface area contributed by atoms with Crippen LogP contribution in [-0.4, -0.2) is 40.2 Å². The van der Waals surface area contributed by atoms with Crippen molar-refractivity contribution in [1.82, 2.24) is 14.7 Å². The molecular formula is C17H20N6O. The van der Waals surface area contributed by atoms with E-state index in [0.717, 1.165) is 24.9 Å². The summed E-state index contributed by atoms with van der Waals surface area (Å²) in [6.45, 7) is 1.96. The van der Waals surface area contributed by atoms with Gasteiger partial charge < -0.3 is 11.5 Å². The standard InChI is InChI=1S/C17H20N6O/c18-8-10-22-9-4-7-13(11-22)23-16(19)14(17(20)24)15(21-23)12-5-2-1-3-6-12/h1-3,5-6,13H,4,7,9-11,19H2,(H2,20,24). The molecule has 1 aliphatic heterocycles. The Morgan fingerprint density at radius 1 is 1.38 bits per heavy atom. The minimum absolute atomic E-state index is 0.0302. The highest BCUT2D eigenvalue weighted by Crippen LogP contribution is 2.31. The summed E-state index contributed by atoms with van der Waals surface area (Å²) in [4.78, 5) is 14.0. The van der Waals surface area contributed by atoms with E-state index in [-0.39, 0.29) is 11.6 Å². The Kier molecular flexibility index (Phi) is 4.49. The van der Waals surface area contributed by atoms with Gasteiger partial charge in [0.05, 0.1) is 18.7 Å². The maximum atomic E-state index is 11.9. The van der Waals surface area contributed by atoms with Crippen LogP contribution in [0.1, 0.15) is 29.2 Å². The van der Waals surface area contributed by atoms with Gasteiger partial charge in [-0.1, -0.05) is 30.3 Å². The number of nitrogens with zero attached hydrogens (tertiary/aromatic N) is 4. The summed E-state index contributed by atoms with van der Waals surface area (Å²) in [5, 5.41) is 13.5. The van der Waals surface area contributed by atoms with Crippen LogP contribution in [-0.2, 0) is 0 Å². The Hall–Kier alpha value is -2.85. The van der Waals surface area contributed by atoms with Crippen LogP contribution < -0.4 is 11.5 Å². The molecule has 7 nitrogen and oxygen atoms in total. The molecule has 7 heteroatoms. The first-order chi connectivity index (χ1) is 11.6. The lowest BCUT2D eigenvalue weighted by Crippen LogP contribution is -2.37. The number of benzene rings is 1. The molecule has 2 aromatic rings. The number of hydrogen-bond acceptors (Lipinski definition) is 5. The molecule has 0 radical (unpaired) electrons. The Balaban J connectivity index is 2.01. The first-order valence-corrected chi connectivity index (χ1v) is 7.94. The van der Waals surface area contributed by atoms with Crippen LogP contribution in [0.3, 0.4) is 0 Å². The van der Waals surface area contributed by atoms with E-state index >= 15 is 0 Å². The Morgan fingerprint density at radius 2 is 2.12 bits per heavy atom. The number of nitriles is 1. The van der Waals surface area contributed by atoms with Gasteiger partial charge in [0.25, 0.3) is 5.91 Å². The third kappa shape index (κ3) is 2.96. The lowest BCUT2D eigenvalue weighted by molar-refractivity contribution is 0.100. The monoisotopic (exact) mass is 324 g/mol. The first kappa shape index (κ1) is 16.0. The maximum absolute atomic E-state index is 11.9. The number of anilines is 1. The Bertz CT molecular complexity index is 776. The number of likely N-dealkylation sites (tertiary alicyclic amines) is 1. The summed E-state index contributed by atoms with van der Waals surface area (Å²) in [7, 11) is 0. The molecule has 24 heavy (non-hydrogen) atoms. The number of primary amides is 1. The summed E-state index contributed by atoms with van der Waals surface area (Å²) >= 11 is 0. The molecular weight excluding hydrogens is 304 g/mol. The average Bonchev–Trinajstić information content (AvgIpc) is 2.94. The second-order valence-electron chi connectivity index (χ2n) is 5.97. The van der Waals surface area contributed by atoms with Gasteiger partial charge in [0.15, 0.2) is 0 Å². The number of nitrogens with two attached hydrogens (primary N) is 2. The van der Waals surface area contributed by atoms with Crippen LogP contribution in [0.15, 0.2) is 30.3 Å². The number of carbonyl (C=O) groups excluding carboxylic acids is 1. The van der Waals surface area contributed by atoms with E-state index in [1.807, 2.05) is 30.3 Å². The molecule has 1 saturated heterocycles. The SMILES string of the molecule is N#CCN1CCCC(n2nc(-c3ccccc3)c(C(N)=O)c2N)C1. The molecule has 1 aromatic heterocycles.